The van der Waals surface area contributed by atoms with Gasteiger partial charge in [0.05, 0.1) is 24.3 Å². The van der Waals surface area contributed by atoms with Gasteiger partial charge in [-0.15, -0.1) is 0 Å². The number of primary amides is 1. The van der Waals surface area contributed by atoms with Gasteiger partial charge in [0.2, 0.25) is 5.91 Å². The van der Waals surface area contributed by atoms with Crippen LogP contribution < -0.4 is 11.1 Å². The molecule has 0 aliphatic heterocycles. The molecule has 2 amide bonds. The molecule has 2 aromatic rings. The molecule has 0 unspecified atom stereocenters. The van der Waals surface area contributed by atoms with Crippen molar-refractivity contribution >= 4 is 23.5 Å². The third kappa shape index (κ3) is 6.39. The molecule has 3 N–H and O–H groups in total. The Bertz CT molecular complexity index is 759. The van der Waals surface area contributed by atoms with E-state index in [0.717, 1.165) is 12.8 Å². The summed E-state index contributed by atoms with van der Waals surface area (Å²) in [6.45, 7) is 0.319. The summed E-state index contributed by atoms with van der Waals surface area (Å²) in [5, 5.41) is 2.59. The molecular weight excluding hydrogens is 332 g/mol. The summed E-state index contributed by atoms with van der Waals surface area (Å²) >= 11 is 0. The third-order valence-electron chi connectivity index (χ3n) is 3.74. The Morgan fingerprint density at radius 3 is 2.35 bits per heavy atom. The fraction of sp³-hybridized carbons (Fsp3) is 0.250. The highest BCUT2D eigenvalue weighted by molar-refractivity contribution is 6.03. The molecule has 0 aliphatic carbocycles. The topological polar surface area (TPSA) is 98.5 Å². The fourth-order valence-electron chi connectivity index (χ4n) is 2.41. The van der Waals surface area contributed by atoms with Crippen molar-refractivity contribution in [3.63, 3.8) is 0 Å². The van der Waals surface area contributed by atoms with E-state index in [9.17, 15) is 14.4 Å². The molecule has 0 radical (unpaired) electrons. The molecule has 0 spiro atoms. The number of para-hydroxylation sites is 1. The maximum absolute atomic E-state index is 11.9. The lowest BCUT2D eigenvalue weighted by molar-refractivity contribution is -0.144. The molecule has 0 saturated heterocycles. The third-order valence-corrected chi connectivity index (χ3v) is 3.74. The van der Waals surface area contributed by atoms with Crippen LogP contribution in [0.1, 0.15) is 35.2 Å². The van der Waals surface area contributed by atoms with Gasteiger partial charge >= 0.3 is 5.97 Å². The van der Waals surface area contributed by atoms with E-state index >= 15 is 0 Å². The molecule has 2 aromatic carbocycles. The first kappa shape index (κ1) is 19.2. The van der Waals surface area contributed by atoms with E-state index in [1.165, 1.54) is 11.6 Å². The van der Waals surface area contributed by atoms with Gasteiger partial charge in [0.1, 0.15) is 0 Å². The number of ether oxygens (including phenoxy) is 1. The molecule has 6 nitrogen and oxygen atoms in total. The molecule has 0 fully saturated rings. The minimum Gasteiger partial charge on any atom is -0.466 e. The van der Waals surface area contributed by atoms with Crippen LogP contribution in [0.15, 0.2) is 54.6 Å². The van der Waals surface area contributed by atoms with Gasteiger partial charge < -0.3 is 15.8 Å². The smallest absolute Gasteiger partial charge is 0.306 e. The van der Waals surface area contributed by atoms with Crippen LogP contribution in [-0.2, 0) is 20.7 Å². The van der Waals surface area contributed by atoms with Crippen molar-refractivity contribution in [2.45, 2.75) is 25.7 Å². The maximum Gasteiger partial charge on any atom is 0.306 e. The molecule has 0 heterocycles. The van der Waals surface area contributed by atoms with E-state index in [4.69, 9.17) is 10.5 Å². The summed E-state index contributed by atoms with van der Waals surface area (Å²) in [6, 6.07) is 16.4. The summed E-state index contributed by atoms with van der Waals surface area (Å²) in [4.78, 5) is 35.0. The van der Waals surface area contributed by atoms with Gasteiger partial charge in [-0.1, -0.05) is 42.5 Å². The van der Waals surface area contributed by atoms with Crippen LogP contribution in [0.4, 0.5) is 5.69 Å². The van der Waals surface area contributed by atoms with Crippen LogP contribution in [0.3, 0.4) is 0 Å². The number of aryl methyl sites for hydroxylation is 1. The number of carbonyl (C=O) groups is 3. The number of nitrogens with one attached hydrogen (secondary N) is 1. The van der Waals surface area contributed by atoms with Crippen molar-refractivity contribution < 1.29 is 19.1 Å². The maximum atomic E-state index is 11.9. The molecule has 0 atom stereocenters. The Labute approximate surface area is 152 Å². The van der Waals surface area contributed by atoms with Crippen LogP contribution in [0.25, 0.3) is 0 Å². The minimum atomic E-state index is -0.626. The number of esters is 1. The van der Waals surface area contributed by atoms with Gasteiger partial charge in [0.15, 0.2) is 0 Å². The highest BCUT2D eigenvalue weighted by Gasteiger charge is 2.12. The second-order valence-electron chi connectivity index (χ2n) is 5.77. The quantitative estimate of drug-likeness (QED) is 0.534. The second kappa shape index (κ2) is 9.98. The molecule has 136 valence electrons. The minimum absolute atomic E-state index is 0.0179. The van der Waals surface area contributed by atoms with Crippen molar-refractivity contribution in [3.8, 4) is 0 Å². The van der Waals surface area contributed by atoms with Crippen molar-refractivity contribution in [1.29, 1.82) is 0 Å². The normalized spacial score (nSPS) is 10.2. The Hall–Kier alpha value is -3.15. The monoisotopic (exact) mass is 354 g/mol. The molecule has 0 aromatic heterocycles. The number of benzene rings is 2. The zero-order chi connectivity index (χ0) is 18.8. The van der Waals surface area contributed by atoms with Crippen molar-refractivity contribution in [3.05, 3.63) is 65.7 Å². The van der Waals surface area contributed by atoms with E-state index < -0.39 is 11.9 Å². The summed E-state index contributed by atoms with van der Waals surface area (Å²) in [7, 11) is 0. The zero-order valence-corrected chi connectivity index (χ0v) is 14.4. The van der Waals surface area contributed by atoms with Crippen LogP contribution in [-0.4, -0.2) is 24.4 Å². The average molecular weight is 354 g/mol. The van der Waals surface area contributed by atoms with Crippen LogP contribution in [0.2, 0.25) is 0 Å². The number of anilines is 1. The number of hydrogen-bond acceptors (Lipinski definition) is 4. The summed E-state index contributed by atoms with van der Waals surface area (Å²) in [6.07, 6.45) is 1.52. The SMILES string of the molecule is NC(=O)c1ccccc1NC(=O)CCC(=O)OCCCc1ccccc1. The molecular formula is C20H22N2O4. The molecule has 0 saturated carbocycles. The molecule has 2 rings (SSSR count). The number of amides is 2. The molecule has 6 heteroatoms. The van der Waals surface area contributed by atoms with Gasteiger partial charge in [-0.25, -0.2) is 0 Å². The van der Waals surface area contributed by atoms with Gasteiger partial charge in [0.25, 0.3) is 5.91 Å². The van der Waals surface area contributed by atoms with Crippen LogP contribution >= 0.6 is 0 Å². The number of rotatable bonds is 9. The lowest BCUT2D eigenvalue weighted by atomic mass is 10.1. The predicted molar refractivity (Wildman–Crippen MR) is 98.5 cm³/mol. The Kier molecular flexibility index (Phi) is 7.36. The molecule has 0 aliphatic rings. The molecule has 26 heavy (non-hydrogen) atoms. The standard InChI is InChI=1S/C20H22N2O4/c21-20(25)16-10-4-5-11-17(16)22-18(23)12-13-19(24)26-14-6-9-15-7-2-1-3-8-15/h1-5,7-8,10-11H,6,9,12-14H2,(H2,21,25)(H,22,23). The summed E-state index contributed by atoms with van der Waals surface area (Å²) < 4.78 is 5.13. The largest absolute Gasteiger partial charge is 0.466 e. The van der Waals surface area contributed by atoms with E-state index in [2.05, 4.69) is 5.32 Å². The Morgan fingerprint density at radius 1 is 0.923 bits per heavy atom. The van der Waals surface area contributed by atoms with Crippen molar-refractivity contribution in [2.75, 3.05) is 11.9 Å². The van der Waals surface area contributed by atoms with E-state index in [-0.39, 0.29) is 24.3 Å². The summed E-state index contributed by atoms with van der Waals surface area (Å²) in [5.41, 5.74) is 7.01. The predicted octanol–water partition coefficient (Wildman–Crippen LogP) is 2.68. The first-order chi connectivity index (χ1) is 12.6. The van der Waals surface area contributed by atoms with Gasteiger partial charge in [0, 0.05) is 6.42 Å². The van der Waals surface area contributed by atoms with Gasteiger partial charge in [-0.3, -0.25) is 14.4 Å². The van der Waals surface area contributed by atoms with Crippen LogP contribution in [0.5, 0.6) is 0 Å². The first-order valence-electron chi connectivity index (χ1n) is 8.44. The average Bonchev–Trinajstić information content (AvgIpc) is 2.65. The highest BCUT2D eigenvalue weighted by Crippen LogP contribution is 2.14. The summed E-state index contributed by atoms with van der Waals surface area (Å²) in [5.74, 6) is -1.42. The second-order valence-corrected chi connectivity index (χ2v) is 5.77. The van der Waals surface area contributed by atoms with Crippen LogP contribution in [0, 0.1) is 0 Å². The lowest BCUT2D eigenvalue weighted by Crippen LogP contribution is -2.19. The van der Waals surface area contributed by atoms with E-state index in [1.807, 2.05) is 30.3 Å². The zero-order valence-electron chi connectivity index (χ0n) is 14.4. The van der Waals surface area contributed by atoms with Gasteiger partial charge in [-0.05, 0) is 30.5 Å². The van der Waals surface area contributed by atoms with Crippen molar-refractivity contribution in [1.82, 2.24) is 0 Å². The Morgan fingerprint density at radius 2 is 1.62 bits per heavy atom. The number of hydrogen-bond donors (Lipinski definition) is 2. The number of carbonyl (C=O) groups excluding carboxylic acids is 3. The molecule has 0 bridgehead atoms. The van der Waals surface area contributed by atoms with E-state index in [0.29, 0.717) is 12.3 Å². The first-order valence-corrected chi connectivity index (χ1v) is 8.44. The van der Waals surface area contributed by atoms with Gasteiger partial charge in [-0.2, -0.15) is 0 Å². The highest BCUT2D eigenvalue weighted by atomic mass is 16.5. The van der Waals surface area contributed by atoms with Crippen molar-refractivity contribution in [2.24, 2.45) is 5.73 Å². The number of nitrogens with two attached hydrogens (primary N) is 1. The lowest BCUT2D eigenvalue weighted by Gasteiger charge is -2.09. The van der Waals surface area contributed by atoms with E-state index in [1.54, 1.807) is 18.2 Å². The fourth-order valence-corrected chi connectivity index (χ4v) is 2.41. The Balaban J connectivity index is 1.67.